The number of hydrogen-bond acceptors (Lipinski definition) is 18. The van der Waals surface area contributed by atoms with Crippen LogP contribution in [0.1, 0.15) is 71.2 Å². The largest absolute Gasteiger partial charge is 0.519 e. The summed E-state index contributed by atoms with van der Waals surface area (Å²) in [5.41, 5.74) is 10.4. The maximum absolute atomic E-state index is 14.4. The van der Waals surface area contributed by atoms with Crippen molar-refractivity contribution in [3.8, 4) is 40.2 Å². The molecule has 2 saturated heterocycles. The molecule has 24 heteroatoms. The van der Waals surface area contributed by atoms with Crippen molar-refractivity contribution in [2.75, 3.05) is 81.0 Å². The topological polar surface area (TPSA) is 260 Å². The molecule has 0 spiro atoms. The molecule has 5 aromatic carbocycles. The summed E-state index contributed by atoms with van der Waals surface area (Å²) in [6, 6.07) is 28.0. The number of ether oxygens (including phenoxy) is 9. The van der Waals surface area contributed by atoms with Gasteiger partial charge >= 0.3 is 12.2 Å². The summed E-state index contributed by atoms with van der Waals surface area (Å²) in [5.74, 6) is -0.112. The molecule has 0 unspecified atom stereocenters. The molecule has 11 rings (SSSR count). The summed E-state index contributed by atoms with van der Waals surface area (Å²) in [6.45, 7) is 10.0. The van der Waals surface area contributed by atoms with Crippen LogP contribution < -0.4 is 49.1 Å². The number of carbonyl (C=O) groups excluding carboxylic acids is 4. The summed E-state index contributed by atoms with van der Waals surface area (Å²) in [5, 5.41) is 19.9. The number of amides is 3. The number of nitro benzene ring substituents is 1. The Bertz CT molecular complexity index is 3980. The van der Waals surface area contributed by atoms with E-state index in [9.17, 15) is 38.1 Å². The molecule has 2 aromatic heterocycles. The van der Waals surface area contributed by atoms with Gasteiger partial charge in [0.15, 0.2) is 23.0 Å². The Morgan fingerprint density at radius 3 is 1.44 bits per heavy atom. The highest BCUT2D eigenvalue weighted by molar-refractivity contribution is 6.09. The summed E-state index contributed by atoms with van der Waals surface area (Å²) < 4.78 is 77.5. The number of rotatable bonds is 18. The molecule has 4 aliphatic rings. The van der Waals surface area contributed by atoms with Crippen LogP contribution in [0.5, 0.6) is 40.2 Å². The third kappa shape index (κ3) is 17.4. The standard InChI is InChI=1S/C34H28FN3O8.C32H32FN3O6.C4H9NO/c1-20-27(26-11-6-23(35)16-29(26)28(20)17-32(39)37-19-21-5-4-12-36-18-21)13-22-14-30(43-2)33(31(15-22)44-3)46-34(40)45-25-9-7-24(8-10-25)38(41)42;1-20-25(13-22-14-28(39-2)31(29(15-22)40-3)42-32(38)36-9-11-41-12-10-36)24-7-6-23(33)16-27(24)26(20)17-30(37)35-19-21-5-4-8-34-18-21;1-3-6-4-2-5-1/h4-16,18H,17,19H2,1-3H3,(H,37,39);4-8,13-16,18H,9-12,17,19H2,1-3H3,(H,35,37);5H,1-4H2/b27-13-;25-13-;. The van der Waals surface area contributed by atoms with E-state index in [1.54, 1.807) is 72.2 Å². The van der Waals surface area contributed by atoms with Crippen LogP contribution in [0, 0.1) is 21.7 Å². The molecule has 94 heavy (non-hydrogen) atoms. The minimum Gasteiger partial charge on any atom is -0.493 e. The van der Waals surface area contributed by atoms with E-state index in [2.05, 4.69) is 25.9 Å². The van der Waals surface area contributed by atoms with E-state index in [0.29, 0.717) is 78.7 Å². The Kier molecular flexibility index (Phi) is 23.3. The number of allylic oxidation sites excluding steroid dienone is 4. The number of hydrogen-bond donors (Lipinski definition) is 3. The van der Waals surface area contributed by atoms with Gasteiger partial charge in [0.1, 0.15) is 17.4 Å². The average molecular weight is 1290 g/mol. The van der Waals surface area contributed by atoms with Crippen LogP contribution >= 0.6 is 0 Å². The van der Waals surface area contributed by atoms with Gasteiger partial charge in [-0.15, -0.1) is 0 Å². The van der Waals surface area contributed by atoms with Gasteiger partial charge in [-0.1, -0.05) is 24.3 Å². The van der Waals surface area contributed by atoms with Gasteiger partial charge < -0.3 is 63.5 Å². The first kappa shape index (κ1) is 67.6. The zero-order valence-electron chi connectivity index (χ0n) is 52.5. The number of nitrogens with zero attached hydrogens (tertiary/aromatic N) is 4. The number of fused-ring (bicyclic) bond motifs is 2. The first-order valence-corrected chi connectivity index (χ1v) is 29.8. The first-order chi connectivity index (χ1) is 45.5. The molecule has 0 saturated carbocycles. The number of nitrogens with one attached hydrogen (secondary N) is 3. The van der Waals surface area contributed by atoms with Crippen molar-refractivity contribution in [2.45, 2.75) is 39.8 Å². The molecule has 488 valence electrons. The quantitative estimate of drug-likeness (QED) is 0.0312. The van der Waals surface area contributed by atoms with Gasteiger partial charge in [0.25, 0.3) is 5.69 Å². The van der Waals surface area contributed by atoms with Gasteiger partial charge in [-0.25, -0.2) is 18.4 Å². The number of aromatic nitrogens is 2. The van der Waals surface area contributed by atoms with Gasteiger partial charge in [0.05, 0.1) is 72.6 Å². The van der Waals surface area contributed by atoms with E-state index in [4.69, 9.17) is 42.6 Å². The highest BCUT2D eigenvalue weighted by Gasteiger charge is 2.30. The predicted octanol–water partition coefficient (Wildman–Crippen LogP) is 11.5. The normalized spacial score (nSPS) is 14.7. The summed E-state index contributed by atoms with van der Waals surface area (Å²) in [7, 11) is 5.75. The number of morpholine rings is 2. The second-order valence-electron chi connectivity index (χ2n) is 21.4. The maximum Gasteiger partial charge on any atom is 0.519 e. The van der Waals surface area contributed by atoms with Crippen molar-refractivity contribution >= 4 is 64.2 Å². The van der Waals surface area contributed by atoms with Crippen molar-refractivity contribution < 1.29 is 75.5 Å². The Labute approximate surface area is 540 Å². The molecule has 3 amide bonds. The summed E-state index contributed by atoms with van der Waals surface area (Å²) >= 11 is 0. The van der Waals surface area contributed by atoms with Crippen LogP contribution in [0.25, 0.3) is 34.4 Å². The van der Waals surface area contributed by atoms with E-state index in [1.807, 2.05) is 44.2 Å². The number of pyridine rings is 2. The van der Waals surface area contributed by atoms with Crippen molar-refractivity contribution in [2.24, 2.45) is 0 Å². The average Bonchev–Trinajstić information content (AvgIpc) is 1.61. The van der Waals surface area contributed by atoms with Crippen molar-refractivity contribution in [3.05, 3.63) is 211 Å². The van der Waals surface area contributed by atoms with Crippen LogP contribution in [0.4, 0.5) is 24.1 Å². The van der Waals surface area contributed by atoms with E-state index in [1.165, 1.54) is 77.0 Å². The van der Waals surface area contributed by atoms with Gasteiger partial charge in [-0.3, -0.25) is 29.7 Å². The van der Waals surface area contributed by atoms with Crippen molar-refractivity contribution in [1.29, 1.82) is 0 Å². The molecule has 0 atom stereocenters. The molecular formula is C70H69F2N7O15. The van der Waals surface area contributed by atoms with E-state index in [-0.39, 0.29) is 64.9 Å². The molecule has 0 radical (unpaired) electrons. The van der Waals surface area contributed by atoms with Gasteiger partial charge in [0, 0.05) is 76.2 Å². The Hall–Kier alpha value is -10.8. The lowest BCUT2D eigenvalue weighted by molar-refractivity contribution is -0.384. The van der Waals surface area contributed by atoms with E-state index < -0.39 is 23.0 Å². The molecular weight excluding hydrogens is 1220 g/mol. The number of methoxy groups -OCH3 is 4. The summed E-state index contributed by atoms with van der Waals surface area (Å²) in [4.78, 5) is 71.2. The maximum atomic E-state index is 14.4. The summed E-state index contributed by atoms with van der Waals surface area (Å²) in [6.07, 6.45) is 8.96. The monoisotopic (exact) mass is 1290 g/mol. The zero-order valence-corrected chi connectivity index (χ0v) is 52.5. The Morgan fingerprint density at radius 1 is 0.596 bits per heavy atom. The molecule has 2 aliphatic carbocycles. The fourth-order valence-electron chi connectivity index (χ4n) is 10.6. The molecule has 22 nitrogen and oxygen atoms in total. The number of non-ortho nitro benzene ring substituents is 1. The van der Waals surface area contributed by atoms with Gasteiger partial charge in [-0.2, -0.15) is 0 Å². The fraction of sp³-hybridized carbons (Fsp3) is 0.257. The third-order valence-corrected chi connectivity index (χ3v) is 15.3. The minimum absolute atomic E-state index is 0.0371. The third-order valence-electron chi connectivity index (χ3n) is 15.3. The SMILES string of the molecule is C1COCCN1.COc1cc(/C=C2/C(C)=C(CC(=O)NCc3cccnc3)c3cc(F)ccc32)cc(OC)c1OC(=O)N1CCOCC1.COc1cc(/C=C2/C(C)=C(CC(=O)NCc3cccnc3)c3cc(F)ccc32)cc(OC)c1OC(=O)Oc1ccc([N+](=O)[O-])cc1. The Morgan fingerprint density at radius 2 is 1.04 bits per heavy atom. The second-order valence-corrected chi connectivity index (χ2v) is 21.4. The van der Waals surface area contributed by atoms with Crippen molar-refractivity contribution in [1.82, 2.24) is 30.8 Å². The number of benzene rings is 5. The molecule has 3 N–H and O–H groups in total. The lowest BCUT2D eigenvalue weighted by Crippen LogP contribution is -2.42. The zero-order chi connectivity index (χ0) is 66.7. The lowest BCUT2D eigenvalue weighted by Gasteiger charge is -2.26. The van der Waals surface area contributed by atoms with Crippen molar-refractivity contribution in [3.63, 3.8) is 0 Å². The van der Waals surface area contributed by atoms with Crippen LogP contribution in [0.3, 0.4) is 0 Å². The molecule has 7 aromatic rings. The smallest absolute Gasteiger partial charge is 0.493 e. The highest BCUT2D eigenvalue weighted by Crippen LogP contribution is 2.48. The van der Waals surface area contributed by atoms with Crippen LogP contribution in [0.2, 0.25) is 0 Å². The van der Waals surface area contributed by atoms with Gasteiger partial charge in [-0.05, 0) is 177 Å². The highest BCUT2D eigenvalue weighted by atomic mass is 19.1. The molecule has 4 heterocycles. The molecule has 0 bridgehead atoms. The number of halogens is 2. The predicted molar refractivity (Wildman–Crippen MR) is 346 cm³/mol. The minimum atomic E-state index is -1.12. The molecule has 2 aliphatic heterocycles. The molecule has 2 fully saturated rings. The lowest BCUT2D eigenvalue weighted by atomic mass is 10.00. The van der Waals surface area contributed by atoms with Crippen LogP contribution in [0.15, 0.2) is 145 Å². The Balaban J connectivity index is 0.000000203. The van der Waals surface area contributed by atoms with E-state index >= 15 is 0 Å². The van der Waals surface area contributed by atoms with Crippen LogP contribution in [-0.4, -0.2) is 125 Å². The fourth-order valence-corrected chi connectivity index (χ4v) is 10.6. The second kappa shape index (κ2) is 32.5. The van der Waals surface area contributed by atoms with Crippen LogP contribution in [-0.2, 0) is 32.2 Å². The number of nitro groups is 1. The number of carbonyl (C=O) groups is 4. The van der Waals surface area contributed by atoms with Gasteiger partial charge in [0.2, 0.25) is 23.3 Å². The van der Waals surface area contributed by atoms with E-state index in [0.717, 1.165) is 76.4 Å². The first-order valence-electron chi connectivity index (χ1n) is 29.8.